The number of hydrogen-bond donors (Lipinski definition) is 2. The number of benzene rings is 1. The summed E-state index contributed by atoms with van der Waals surface area (Å²) in [4.78, 5) is 13.3. The Labute approximate surface area is 129 Å². The maximum atomic E-state index is 5.79. The highest BCUT2D eigenvalue weighted by molar-refractivity contribution is 5.88. The molecule has 0 aliphatic carbocycles. The summed E-state index contributed by atoms with van der Waals surface area (Å²) in [5.41, 5.74) is 9.27. The quantitative estimate of drug-likeness (QED) is 0.704. The van der Waals surface area contributed by atoms with E-state index in [4.69, 9.17) is 10.7 Å². The first-order chi connectivity index (χ1) is 10.8. The SMILES string of the molecule is CCCCNc1nc(N)nc2ccc(-c3ccccc3)nc12. The fourth-order valence-electron chi connectivity index (χ4n) is 2.31. The van der Waals surface area contributed by atoms with E-state index in [1.54, 1.807) is 0 Å². The number of nitrogens with zero attached hydrogens (tertiary/aromatic N) is 3. The number of nitrogens with two attached hydrogens (primary N) is 1. The van der Waals surface area contributed by atoms with Crippen LogP contribution in [0, 0.1) is 0 Å². The van der Waals surface area contributed by atoms with E-state index in [0.717, 1.165) is 41.7 Å². The van der Waals surface area contributed by atoms with Crippen molar-refractivity contribution in [1.82, 2.24) is 15.0 Å². The predicted octanol–water partition coefficient (Wildman–Crippen LogP) is 3.49. The number of rotatable bonds is 5. The first kappa shape index (κ1) is 14.3. The molecule has 0 spiro atoms. The third-order valence-electron chi connectivity index (χ3n) is 3.45. The molecule has 0 atom stereocenters. The van der Waals surface area contributed by atoms with Gasteiger partial charge in [0.1, 0.15) is 5.52 Å². The van der Waals surface area contributed by atoms with Gasteiger partial charge in [-0.15, -0.1) is 0 Å². The molecule has 0 fully saturated rings. The van der Waals surface area contributed by atoms with Crippen molar-refractivity contribution in [2.45, 2.75) is 19.8 Å². The van der Waals surface area contributed by atoms with E-state index in [9.17, 15) is 0 Å². The van der Waals surface area contributed by atoms with Crippen LogP contribution >= 0.6 is 0 Å². The van der Waals surface area contributed by atoms with Crippen LogP contribution < -0.4 is 11.1 Å². The average molecular weight is 293 g/mol. The molecule has 0 bridgehead atoms. The lowest BCUT2D eigenvalue weighted by atomic mass is 10.1. The van der Waals surface area contributed by atoms with Crippen molar-refractivity contribution < 1.29 is 0 Å². The first-order valence-corrected chi connectivity index (χ1v) is 7.51. The van der Waals surface area contributed by atoms with Gasteiger partial charge in [0.15, 0.2) is 5.82 Å². The van der Waals surface area contributed by atoms with Crippen LogP contribution in [0.15, 0.2) is 42.5 Å². The zero-order valence-electron chi connectivity index (χ0n) is 12.6. The van der Waals surface area contributed by atoms with Crippen LogP contribution in [-0.2, 0) is 0 Å². The number of hydrogen-bond acceptors (Lipinski definition) is 5. The van der Waals surface area contributed by atoms with Gasteiger partial charge in [-0.1, -0.05) is 43.7 Å². The molecule has 112 valence electrons. The van der Waals surface area contributed by atoms with Crippen LogP contribution in [0.2, 0.25) is 0 Å². The lowest BCUT2D eigenvalue weighted by Crippen LogP contribution is -2.07. The molecule has 0 amide bonds. The largest absolute Gasteiger partial charge is 0.368 e. The van der Waals surface area contributed by atoms with Crippen molar-refractivity contribution in [3.63, 3.8) is 0 Å². The molecule has 0 unspecified atom stereocenters. The highest BCUT2D eigenvalue weighted by Crippen LogP contribution is 2.24. The Balaban J connectivity index is 2.05. The van der Waals surface area contributed by atoms with E-state index >= 15 is 0 Å². The molecule has 3 rings (SSSR count). The van der Waals surface area contributed by atoms with Gasteiger partial charge in [0.2, 0.25) is 5.95 Å². The Bertz CT molecular complexity index is 771. The molecule has 0 saturated heterocycles. The molecule has 2 heterocycles. The van der Waals surface area contributed by atoms with Crippen LogP contribution in [0.1, 0.15) is 19.8 Å². The first-order valence-electron chi connectivity index (χ1n) is 7.51. The van der Waals surface area contributed by atoms with Crippen LogP contribution in [0.5, 0.6) is 0 Å². The van der Waals surface area contributed by atoms with Crippen molar-refractivity contribution in [1.29, 1.82) is 0 Å². The molecule has 0 aliphatic heterocycles. The van der Waals surface area contributed by atoms with Gasteiger partial charge in [-0.05, 0) is 18.6 Å². The summed E-state index contributed by atoms with van der Waals surface area (Å²) < 4.78 is 0. The van der Waals surface area contributed by atoms with Gasteiger partial charge < -0.3 is 11.1 Å². The molecule has 2 aromatic heterocycles. The summed E-state index contributed by atoms with van der Waals surface area (Å²) in [6.07, 6.45) is 2.19. The smallest absolute Gasteiger partial charge is 0.222 e. The maximum Gasteiger partial charge on any atom is 0.222 e. The molecule has 5 nitrogen and oxygen atoms in total. The van der Waals surface area contributed by atoms with Crippen LogP contribution in [0.3, 0.4) is 0 Å². The molecular weight excluding hydrogens is 274 g/mol. The van der Waals surface area contributed by atoms with Gasteiger partial charge in [-0.3, -0.25) is 0 Å². The molecule has 0 radical (unpaired) electrons. The molecular formula is C17H19N5. The summed E-state index contributed by atoms with van der Waals surface area (Å²) in [6, 6.07) is 14.0. The zero-order chi connectivity index (χ0) is 15.4. The maximum absolute atomic E-state index is 5.79. The number of aromatic nitrogens is 3. The summed E-state index contributed by atoms with van der Waals surface area (Å²) in [6.45, 7) is 3.00. The second-order valence-corrected chi connectivity index (χ2v) is 5.14. The van der Waals surface area contributed by atoms with Gasteiger partial charge in [0.05, 0.1) is 11.2 Å². The minimum atomic E-state index is 0.265. The van der Waals surface area contributed by atoms with Crippen LogP contribution in [0.4, 0.5) is 11.8 Å². The Morgan fingerprint density at radius 2 is 1.82 bits per heavy atom. The molecule has 3 aromatic rings. The lowest BCUT2D eigenvalue weighted by Gasteiger charge is -2.09. The van der Waals surface area contributed by atoms with Crippen LogP contribution in [0.25, 0.3) is 22.3 Å². The second kappa shape index (κ2) is 6.39. The zero-order valence-corrected chi connectivity index (χ0v) is 12.6. The molecule has 0 saturated carbocycles. The van der Waals surface area contributed by atoms with E-state index in [1.165, 1.54) is 0 Å². The van der Waals surface area contributed by atoms with Crippen molar-refractivity contribution >= 4 is 22.8 Å². The van der Waals surface area contributed by atoms with Crippen LogP contribution in [-0.4, -0.2) is 21.5 Å². The number of nitrogen functional groups attached to an aromatic ring is 1. The van der Waals surface area contributed by atoms with Gasteiger partial charge in [0, 0.05) is 12.1 Å². The Morgan fingerprint density at radius 3 is 2.59 bits per heavy atom. The Morgan fingerprint density at radius 1 is 1.00 bits per heavy atom. The van der Waals surface area contributed by atoms with Crippen molar-refractivity contribution in [2.75, 3.05) is 17.6 Å². The van der Waals surface area contributed by atoms with Gasteiger partial charge in [-0.2, -0.15) is 4.98 Å². The molecule has 22 heavy (non-hydrogen) atoms. The average Bonchev–Trinajstić information content (AvgIpc) is 2.55. The van der Waals surface area contributed by atoms with E-state index < -0.39 is 0 Å². The van der Waals surface area contributed by atoms with Gasteiger partial charge in [0.25, 0.3) is 0 Å². The highest BCUT2D eigenvalue weighted by atomic mass is 15.1. The number of unbranched alkanes of at least 4 members (excludes halogenated alkanes) is 1. The van der Waals surface area contributed by atoms with Crippen molar-refractivity contribution in [3.05, 3.63) is 42.5 Å². The fraction of sp³-hybridized carbons (Fsp3) is 0.235. The number of nitrogens with one attached hydrogen (secondary N) is 1. The highest BCUT2D eigenvalue weighted by Gasteiger charge is 2.09. The fourth-order valence-corrected chi connectivity index (χ4v) is 2.31. The third-order valence-corrected chi connectivity index (χ3v) is 3.45. The van der Waals surface area contributed by atoms with Gasteiger partial charge >= 0.3 is 0 Å². The van der Waals surface area contributed by atoms with E-state index in [-0.39, 0.29) is 5.95 Å². The monoisotopic (exact) mass is 293 g/mol. The minimum Gasteiger partial charge on any atom is -0.368 e. The Kier molecular flexibility index (Phi) is 4.14. The number of fused-ring (bicyclic) bond motifs is 1. The van der Waals surface area contributed by atoms with Crippen molar-refractivity contribution in [2.24, 2.45) is 0 Å². The summed E-state index contributed by atoms with van der Waals surface area (Å²) >= 11 is 0. The van der Waals surface area contributed by atoms with E-state index in [1.807, 2.05) is 42.5 Å². The van der Waals surface area contributed by atoms with Gasteiger partial charge in [-0.25, -0.2) is 9.97 Å². The van der Waals surface area contributed by atoms with Crippen molar-refractivity contribution in [3.8, 4) is 11.3 Å². The standard InChI is InChI=1S/C17H19N5/c1-2-3-11-19-16-15-14(21-17(18)22-16)10-9-13(20-15)12-7-5-4-6-8-12/h4-10H,2-3,11H2,1H3,(H3,18,19,21,22). The molecule has 0 aliphatic rings. The minimum absolute atomic E-state index is 0.265. The normalized spacial score (nSPS) is 10.8. The molecule has 5 heteroatoms. The molecule has 1 aromatic carbocycles. The summed E-state index contributed by atoms with van der Waals surface area (Å²) in [5, 5.41) is 3.31. The summed E-state index contributed by atoms with van der Waals surface area (Å²) in [7, 11) is 0. The van der Waals surface area contributed by atoms with E-state index in [2.05, 4.69) is 22.2 Å². The topological polar surface area (TPSA) is 76.7 Å². The number of anilines is 2. The predicted molar refractivity (Wildman–Crippen MR) is 90.6 cm³/mol. The summed E-state index contributed by atoms with van der Waals surface area (Å²) in [5.74, 6) is 0.967. The van der Waals surface area contributed by atoms with E-state index in [0.29, 0.717) is 5.82 Å². The molecule has 3 N–H and O–H groups in total. The third kappa shape index (κ3) is 2.98. The number of pyridine rings is 1. The Hall–Kier alpha value is -2.69. The second-order valence-electron chi connectivity index (χ2n) is 5.14. The lowest BCUT2D eigenvalue weighted by molar-refractivity contribution is 0.831.